The van der Waals surface area contributed by atoms with Crippen LogP contribution in [0.15, 0.2) is 18.2 Å². The second-order valence-corrected chi connectivity index (χ2v) is 4.88. The maximum Gasteiger partial charge on any atom is 0.339 e. The van der Waals surface area contributed by atoms with Gasteiger partial charge < -0.3 is 15.2 Å². The number of methoxy groups -OCH3 is 1. The van der Waals surface area contributed by atoms with Crippen molar-refractivity contribution in [3.05, 3.63) is 23.8 Å². The van der Waals surface area contributed by atoms with Crippen molar-refractivity contribution in [2.24, 2.45) is 11.8 Å². The van der Waals surface area contributed by atoms with Gasteiger partial charge in [0.15, 0.2) is 0 Å². The third-order valence-electron chi connectivity index (χ3n) is 3.61. The van der Waals surface area contributed by atoms with Crippen LogP contribution in [0, 0.1) is 11.8 Å². The number of hydrogen-bond donors (Lipinski definition) is 2. The van der Waals surface area contributed by atoms with Crippen molar-refractivity contribution < 1.29 is 19.4 Å². The molecule has 0 spiro atoms. The predicted molar refractivity (Wildman–Crippen MR) is 77.2 cm³/mol. The van der Waals surface area contributed by atoms with Gasteiger partial charge in [-0.05, 0) is 18.1 Å². The van der Waals surface area contributed by atoms with Gasteiger partial charge in [0.05, 0.1) is 7.11 Å². The number of ether oxygens (including phenoxy) is 1. The standard InChI is InChI=1S/C15H21NO4/c1-5-9(2)10(3)14(17)16-11-6-7-12(15(18)19)13(8-11)20-4/h6-10H,5H2,1-4H3,(H,16,17)(H,18,19). The third-order valence-corrected chi connectivity index (χ3v) is 3.61. The van der Waals surface area contributed by atoms with Crippen LogP contribution in [-0.4, -0.2) is 24.1 Å². The summed E-state index contributed by atoms with van der Waals surface area (Å²) in [7, 11) is 1.40. The van der Waals surface area contributed by atoms with Crippen molar-refractivity contribution in [1.82, 2.24) is 0 Å². The normalized spacial score (nSPS) is 13.4. The molecule has 1 rings (SSSR count). The monoisotopic (exact) mass is 279 g/mol. The SMILES string of the molecule is CCC(C)C(C)C(=O)Nc1ccc(C(=O)O)c(OC)c1. The van der Waals surface area contributed by atoms with Gasteiger partial charge in [0.2, 0.25) is 5.91 Å². The van der Waals surface area contributed by atoms with E-state index < -0.39 is 5.97 Å². The highest BCUT2D eigenvalue weighted by molar-refractivity contribution is 5.95. The van der Waals surface area contributed by atoms with Gasteiger partial charge in [0, 0.05) is 17.7 Å². The number of benzene rings is 1. The van der Waals surface area contributed by atoms with Gasteiger partial charge in [0.25, 0.3) is 0 Å². The van der Waals surface area contributed by atoms with Gasteiger partial charge >= 0.3 is 5.97 Å². The number of aromatic carboxylic acids is 1. The number of nitrogens with one attached hydrogen (secondary N) is 1. The number of anilines is 1. The first-order chi connectivity index (χ1) is 9.40. The van der Waals surface area contributed by atoms with Crippen molar-refractivity contribution in [1.29, 1.82) is 0 Å². The molecule has 5 heteroatoms. The summed E-state index contributed by atoms with van der Waals surface area (Å²) in [6.07, 6.45) is 0.926. The van der Waals surface area contributed by atoms with E-state index in [9.17, 15) is 9.59 Å². The second kappa shape index (κ2) is 6.93. The van der Waals surface area contributed by atoms with Gasteiger partial charge in [-0.25, -0.2) is 4.79 Å². The summed E-state index contributed by atoms with van der Waals surface area (Å²) in [5, 5.41) is 11.8. The topological polar surface area (TPSA) is 75.6 Å². The van der Waals surface area contributed by atoms with Crippen LogP contribution >= 0.6 is 0 Å². The van der Waals surface area contributed by atoms with Crippen LogP contribution in [0.4, 0.5) is 5.69 Å². The number of carbonyl (C=O) groups excluding carboxylic acids is 1. The van der Waals surface area contributed by atoms with Crippen LogP contribution in [0.5, 0.6) is 5.75 Å². The third kappa shape index (κ3) is 3.73. The first-order valence-corrected chi connectivity index (χ1v) is 6.62. The summed E-state index contributed by atoms with van der Waals surface area (Å²) < 4.78 is 5.03. The minimum absolute atomic E-state index is 0.0699. The molecule has 0 aliphatic carbocycles. The number of rotatable bonds is 6. The molecule has 5 nitrogen and oxygen atoms in total. The zero-order chi connectivity index (χ0) is 15.3. The van der Waals surface area contributed by atoms with Crippen molar-refractivity contribution in [2.75, 3.05) is 12.4 Å². The predicted octanol–water partition coefficient (Wildman–Crippen LogP) is 3.01. The van der Waals surface area contributed by atoms with Crippen LogP contribution in [0.2, 0.25) is 0 Å². The Morgan fingerprint density at radius 2 is 2.00 bits per heavy atom. The zero-order valence-electron chi connectivity index (χ0n) is 12.3. The fourth-order valence-corrected chi connectivity index (χ4v) is 1.81. The smallest absolute Gasteiger partial charge is 0.339 e. The lowest BCUT2D eigenvalue weighted by Gasteiger charge is -2.18. The molecule has 2 atom stereocenters. The van der Waals surface area contributed by atoms with E-state index in [0.717, 1.165) is 6.42 Å². The molecule has 0 saturated carbocycles. The van der Waals surface area contributed by atoms with E-state index in [-0.39, 0.29) is 29.1 Å². The fraction of sp³-hybridized carbons (Fsp3) is 0.467. The van der Waals surface area contributed by atoms with Gasteiger partial charge in [-0.2, -0.15) is 0 Å². The van der Waals surface area contributed by atoms with Crippen molar-refractivity contribution in [3.8, 4) is 5.75 Å². The molecule has 2 N–H and O–H groups in total. The number of hydrogen-bond acceptors (Lipinski definition) is 3. The fourth-order valence-electron chi connectivity index (χ4n) is 1.81. The molecular formula is C15H21NO4. The highest BCUT2D eigenvalue weighted by atomic mass is 16.5. The van der Waals surface area contributed by atoms with E-state index in [4.69, 9.17) is 9.84 Å². The number of amides is 1. The average molecular weight is 279 g/mol. The quantitative estimate of drug-likeness (QED) is 0.839. The molecule has 1 amide bonds. The van der Waals surface area contributed by atoms with Crippen molar-refractivity contribution in [2.45, 2.75) is 27.2 Å². The van der Waals surface area contributed by atoms with E-state index in [1.165, 1.54) is 19.2 Å². The van der Waals surface area contributed by atoms with E-state index in [1.54, 1.807) is 6.07 Å². The Balaban J connectivity index is 2.88. The molecule has 0 aromatic heterocycles. The van der Waals surface area contributed by atoms with E-state index >= 15 is 0 Å². The van der Waals surface area contributed by atoms with Crippen molar-refractivity contribution in [3.63, 3.8) is 0 Å². The lowest BCUT2D eigenvalue weighted by atomic mass is 9.93. The summed E-state index contributed by atoms with van der Waals surface area (Å²) >= 11 is 0. The summed E-state index contributed by atoms with van der Waals surface area (Å²) in [5.41, 5.74) is 0.604. The largest absolute Gasteiger partial charge is 0.496 e. The lowest BCUT2D eigenvalue weighted by molar-refractivity contribution is -0.120. The van der Waals surface area contributed by atoms with Gasteiger partial charge in [-0.3, -0.25) is 4.79 Å². The van der Waals surface area contributed by atoms with E-state index in [1.807, 2.05) is 20.8 Å². The van der Waals surface area contributed by atoms with Gasteiger partial charge in [-0.1, -0.05) is 27.2 Å². The minimum Gasteiger partial charge on any atom is -0.496 e. The molecule has 0 radical (unpaired) electrons. The maximum absolute atomic E-state index is 12.1. The van der Waals surface area contributed by atoms with Gasteiger partial charge in [0.1, 0.15) is 11.3 Å². The minimum atomic E-state index is -1.06. The summed E-state index contributed by atoms with van der Waals surface area (Å²) in [6, 6.07) is 4.50. The van der Waals surface area contributed by atoms with E-state index in [0.29, 0.717) is 5.69 Å². The second-order valence-electron chi connectivity index (χ2n) is 4.88. The Labute approximate surface area is 118 Å². The number of carbonyl (C=O) groups is 2. The Hall–Kier alpha value is -2.04. The molecule has 110 valence electrons. The number of carboxylic acids is 1. The first-order valence-electron chi connectivity index (χ1n) is 6.62. The lowest BCUT2D eigenvalue weighted by Crippen LogP contribution is -2.25. The zero-order valence-corrected chi connectivity index (χ0v) is 12.3. The highest BCUT2D eigenvalue weighted by Crippen LogP contribution is 2.24. The van der Waals surface area contributed by atoms with Crippen LogP contribution in [0.1, 0.15) is 37.6 Å². The molecule has 0 aliphatic rings. The summed E-state index contributed by atoms with van der Waals surface area (Å²) in [5.74, 6) is -0.732. The molecule has 2 unspecified atom stereocenters. The van der Waals surface area contributed by atoms with Crippen LogP contribution in [0.3, 0.4) is 0 Å². The average Bonchev–Trinajstić information content (AvgIpc) is 2.44. The Kier molecular flexibility index (Phi) is 5.55. The molecule has 1 aromatic carbocycles. The van der Waals surface area contributed by atoms with Gasteiger partial charge in [-0.15, -0.1) is 0 Å². The Morgan fingerprint density at radius 3 is 2.50 bits per heavy atom. The molecule has 0 aliphatic heterocycles. The summed E-state index contributed by atoms with van der Waals surface area (Å²) in [4.78, 5) is 23.0. The molecule has 0 heterocycles. The molecular weight excluding hydrogens is 258 g/mol. The van der Waals surface area contributed by atoms with Crippen LogP contribution in [-0.2, 0) is 4.79 Å². The van der Waals surface area contributed by atoms with Crippen LogP contribution < -0.4 is 10.1 Å². The summed E-state index contributed by atoms with van der Waals surface area (Å²) in [6.45, 7) is 5.95. The number of carboxylic acid groups (broad SMARTS) is 1. The molecule has 20 heavy (non-hydrogen) atoms. The Morgan fingerprint density at radius 1 is 1.35 bits per heavy atom. The first kappa shape index (κ1) is 16.0. The van der Waals surface area contributed by atoms with E-state index in [2.05, 4.69) is 5.32 Å². The Bertz CT molecular complexity index is 499. The molecule has 0 saturated heterocycles. The molecule has 0 bridgehead atoms. The highest BCUT2D eigenvalue weighted by Gasteiger charge is 2.19. The van der Waals surface area contributed by atoms with Crippen molar-refractivity contribution >= 4 is 17.6 Å². The molecule has 1 aromatic rings. The molecule has 0 fully saturated rings. The van der Waals surface area contributed by atoms with Crippen LogP contribution in [0.25, 0.3) is 0 Å². The maximum atomic E-state index is 12.1.